The topological polar surface area (TPSA) is 116 Å². The van der Waals surface area contributed by atoms with Gasteiger partial charge in [0.2, 0.25) is 0 Å². The summed E-state index contributed by atoms with van der Waals surface area (Å²) in [7, 11) is 0. The van der Waals surface area contributed by atoms with Crippen LogP contribution in [-0.2, 0) is 5.54 Å². The molecule has 0 atom stereocenters. The molecule has 2 N–H and O–H groups in total. The Hall–Kier alpha value is -3.99. The van der Waals surface area contributed by atoms with Gasteiger partial charge in [0.25, 0.3) is 0 Å². The van der Waals surface area contributed by atoms with Crippen LogP contribution >= 0.6 is 0 Å². The first kappa shape index (κ1) is 19.3. The van der Waals surface area contributed by atoms with Crippen molar-refractivity contribution < 1.29 is 5.11 Å². The van der Waals surface area contributed by atoms with E-state index in [1.165, 1.54) is 0 Å². The predicted octanol–water partition coefficient (Wildman–Crippen LogP) is 4.23. The molecule has 4 rings (SSSR count). The first-order valence-corrected chi connectivity index (χ1v) is 9.44. The third-order valence-electron chi connectivity index (χ3n) is 5.05. The Bertz CT molecular complexity index is 1320. The second-order valence-corrected chi connectivity index (χ2v) is 7.67. The molecule has 0 radical (unpaired) electrons. The highest BCUT2D eigenvalue weighted by molar-refractivity contribution is 6.13. The molecule has 0 spiro atoms. The Balaban J connectivity index is 1.79. The van der Waals surface area contributed by atoms with Crippen LogP contribution in [0, 0.1) is 18.3 Å². The number of nitrogens with zero attached hydrogens (tertiary/aromatic N) is 6. The van der Waals surface area contributed by atoms with Crippen molar-refractivity contribution in [2.24, 2.45) is 4.99 Å². The van der Waals surface area contributed by atoms with Gasteiger partial charge in [0, 0.05) is 23.3 Å². The molecule has 0 aliphatic heterocycles. The van der Waals surface area contributed by atoms with Crippen molar-refractivity contribution in [2.75, 3.05) is 0 Å². The van der Waals surface area contributed by atoms with Crippen molar-refractivity contribution in [1.29, 1.82) is 5.26 Å². The van der Waals surface area contributed by atoms with Crippen molar-refractivity contribution in [1.82, 2.24) is 24.7 Å². The van der Waals surface area contributed by atoms with Crippen LogP contribution in [0.5, 0.6) is 5.88 Å². The number of aromatic amines is 1. The van der Waals surface area contributed by atoms with E-state index in [9.17, 15) is 10.4 Å². The summed E-state index contributed by atoms with van der Waals surface area (Å²) in [6, 6.07) is 6.06. The van der Waals surface area contributed by atoms with Gasteiger partial charge in [-0.3, -0.25) is 14.6 Å². The summed E-state index contributed by atoms with van der Waals surface area (Å²) in [6.07, 6.45) is 8.53. The smallest absolute Gasteiger partial charge is 0.198 e. The van der Waals surface area contributed by atoms with Crippen LogP contribution in [0.3, 0.4) is 0 Å². The number of aromatic nitrogens is 5. The van der Waals surface area contributed by atoms with Gasteiger partial charge in [0.15, 0.2) is 5.88 Å². The zero-order chi connectivity index (χ0) is 21.5. The number of rotatable bonds is 4. The summed E-state index contributed by atoms with van der Waals surface area (Å²) in [6.45, 7) is 7.39. The van der Waals surface area contributed by atoms with Crippen LogP contribution in [0.1, 0.15) is 31.9 Å². The number of pyridine rings is 2. The lowest BCUT2D eigenvalue weighted by Crippen LogP contribution is -2.24. The molecule has 0 aliphatic rings. The quantitative estimate of drug-likeness (QED) is 0.498. The van der Waals surface area contributed by atoms with Crippen LogP contribution in [-0.4, -0.2) is 35.6 Å². The van der Waals surface area contributed by atoms with E-state index in [-0.39, 0.29) is 5.88 Å². The first-order valence-electron chi connectivity index (χ1n) is 9.44. The van der Waals surface area contributed by atoms with Crippen LogP contribution < -0.4 is 0 Å². The third kappa shape index (κ3) is 3.31. The molecule has 0 saturated carbocycles. The minimum absolute atomic E-state index is 0.0258. The number of aliphatic imine (C=N–C) groups is 1. The second-order valence-electron chi connectivity index (χ2n) is 7.67. The monoisotopic (exact) mass is 399 g/mol. The van der Waals surface area contributed by atoms with Crippen molar-refractivity contribution in [3.8, 4) is 23.2 Å². The van der Waals surface area contributed by atoms with Gasteiger partial charge >= 0.3 is 0 Å². The Morgan fingerprint density at radius 1 is 1.30 bits per heavy atom. The fourth-order valence-electron chi connectivity index (χ4n) is 3.30. The van der Waals surface area contributed by atoms with Crippen molar-refractivity contribution >= 4 is 22.3 Å². The Morgan fingerprint density at radius 2 is 2.10 bits per heavy atom. The SMILES string of the molecule is CC(=Nc1cnn(C(C)(C)C#N)c1)c1c(O)[nH]c2cnc(-c3cnccc3C)cc12. The van der Waals surface area contributed by atoms with E-state index >= 15 is 0 Å². The Kier molecular flexibility index (Phi) is 4.59. The molecule has 30 heavy (non-hydrogen) atoms. The van der Waals surface area contributed by atoms with Gasteiger partial charge in [-0.1, -0.05) is 0 Å². The molecule has 4 aromatic rings. The van der Waals surface area contributed by atoms with Gasteiger partial charge in [0.1, 0.15) is 11.2 Å². The van der Waals surface area contributed by atoms with E-state index in [0.29, 0.717) is 22.5 Å². The summed E-state index contributed by atoms with van der Waals surface area (Å²) in [5, 5.41) is 24.9. The van der Waals surface area contributed by atoms with E-state index in [4.69, 9.17) is 0 Å². The average molecular weight is 399 g/mol. The maximum Gasteiger partial charge on any atom is 0.198 e. The molecule has 150 valence electrons. The van der Waals surface area contributed by atoms with E-state index in [1.807, 2.05) is 26.0 Å². The minimum atomic E-state index is -0.771. The maximum absolute atomic E-state index is 10.5. The highest BCUT2D eigenvalue weighted by Gasteiger charge is 2.21. The van der Waals surface area contributed by atoms with Gasteiger partial charge in [-0.15, -0.1) is 0 Å². The maximum atomic E-state index is 10.5. The fraction of sp³-hybridized carbons (Fsp3) is 0.227. The average Bonchev–Trinajstić information content (AvgIpc) is 3.31. The molecule has 0 bridgehead atoms. The zero-order valence-electron chi connectivity index (χ0n) is 17.2. The fourth-order valence-corrected chi connectivity index (χ4v) is 3.30. The standard InChI is InChI=1S/C22H21N7O/c1-13-5-6-24-9-17(13)18-7-16-19(10-25-18)28-21(30)20(16)14(2)27-15-8-26-29(11-15)22(3,4)12-23/h5-11,28,30H,1-4H3. The number of nitrogens with one attached hydrogen (secondary N) is 1. The van der Waals surface area contributed by atoms with Crippen molar-refractivity contribution in [2.45, 2.75) is 33.2 Å². The molecule has 8 nitrogen and oxygen atoms in total. The number of fused-ring (bicyclic) bond motifs is 1. The van der Waals surface area contributed by atoms with E-state index in [1.54, 1.807) is 49.5 Å². The molecule has 4 aromatic heterocycles. The number of nitriles is 1. The van der Waals surface area contributed by atoms with Crippen molar-refractivity contribution in [3.63, 3.8) is 0 Å². The number of hydrogen-bond acceptors (Lipinski definition) is 6. The highest BCUT2D eigenvalue weighted by atomic mass is 16.3. The van der Waals surface area contributed by atoms with E-state index in [2.05, 4.69) is 31.1 Å². The minimum Gasteiger partial charge on any atom is -0.494 e. The lowest BCUT2D eigenvalue weighted by atomic mass is 10.0. The van der Waals surface area contributed by atoms with Gasteiger partial charge in [-0.25, -0.2) is 4.99 Å². The molecule has 0 aromatic carbocycles. The Morgan fingerprint density at radius 3 is 2.83 bits per heavy atom. The van der Waals surface area contributed by atoms with Crippen LogP contribution in [0.2, 0.25) is 0 Å². The number of aromatic hydroxyl groups is 1. The number of aryl methyl sites for hydroxylation is 1. The van der Waals surface area contributed by atoms with E-state index in [0.717, 1.165) is 22.2 Å². The summed E-state index contributed by atoms with van der Waals surface area (Å²) in [5.41, 5.74) is 4.52. The summed E-state index contributed by atoms with van der Waals surface area (Å²) in [4.78, 5) is 16.3. The molecule has 8 heteroatoms. The van der Waals surface area contributed by atoms with Crippen LogP contribution in [0.4, 0.5) is 5.69 Å². The van der Waals surface area contributed by atoms with Gasteiger partial charge in [-0.2, -0.15) is 10.4 Å². The second kappa shape index (κ2) is 7.12. The predicted molar refractivity (Wildman–Crippen MR) is 115 cm³/mol. The lowest BCUT2D eigenvalue weighted by Gasteiger charge is -2.14. The molecule has 4 heterocycles. The van der Waals surface area contributed by atoms with Gasteiger partial charge in [-0.05, 0) is 45.4 Å². The van der Waals surface area contributed by atoms with Gasteiger partial charge < -0.3 is 10.1 Å². The normalized spacial score (nSPS) is 12.3. The molecule has 0 unspecified atom stereocenters. The first-order chi connectivity index (χ1) is 14.3. The van der Waals surface area contributed by atoms with Crippen molar-refractivity contribution in [3.05, 3.63) is 54.2 Å². The Labute approximate surface area is 173 Å². The zero-order valence-corrected chi connectivity index (χ0v) is 17.2. The summed E-state index contributed by atoms with van der Waals surface area (Å²) < 4.78 is 1.57. The molecule has 0 aliphatic carbocycles. The van der Waals surface area contributed by atoms with Crippen LogP contribution in [0.25, 0.3) is 22.2 Å². The lowest BCUT2D eigenvalue weighted by molar-refractivity contribution is 0.418. The summed E-state index contributed by atoms with van der Waals surface area (Å²) >= 11 is 0. The number of hydrogen-bond donors (Lipinski definition) is 2. The van der Waals surface area contributed by atoms with E-state index < -0.39 is 5.54 Å². The molecule has 0 amide bonds. The summed E-state index contributed by atoms with van der Waals surface area (Å²) in [5.74, 6) is 0.0258. The molecule has 0 saturated heterocycles. The number of H-pyrrole nitrogens is 1. The largest absolute Gasteiger partial charge is 0.494 e. The van der Waals surface area contributed by atoms with Crippen LogP contribution in [0.15, 0.2) is 48.1 Å². The van der Waals surface area contributed by atoms with Gasteiger partial charge in [0.05, 0.1) is 47.1 Å². The molecular formula is C22H21N7O. The highest BCUT2D eigenvalue weighted by Crippen LogP contribution is 2.32. The molecule has 0 fully saturated rings. The third-order valence-corrected chi connectivity index (χ3v) is 5.05. The molecular weight excluding hydrogens is 378 g/mol.